The number of rotatable bonds is 10. The van der Waals surface area contributed by atoms with E-state index in [9.17, 15) is 18.0 Å². The Morgan fingerprint density at radius 2 is 1.71 bits per heavy atom. The van der Waals surface area contributed by atoms with Gasteiger partial charge >= 0.3 is 0 Å². The first-order valence-corrected chi connectivity index (χ1v) is 14.1. The first-order valence-electron chi connectivity index (χ1n) is 12.2. The van der Waals surface area contributed by atoms with Crippen LogP contribution in [0.2, 0.25) is 0 Å². The summed E-state index contributed by atoms with van der Waals surface area (Å²) in [6, 6.07) is 14.6. The predicted molar refractivity (Wildman–Crippen MR) is 140 cm³/mol. The molecule has 1 saturated carbocycles. The quantitative estimate of drug-likeness (QED) is 0.541. The minimum atomic E-state index is -3.73. The Morgan fingerprint density at radius 3 is 2.31 bits per heavy atom. The molecule has 0 aliphatic heterocycles. The van der Waals surface area contributed by atoms with Crippen LogP contribution in [0, 0.1) is 13.8 Å². The number of anilines is 1. The Hall–Kier alpha value is -2.87. The zero-order valence-corrected chi connectivity index (χ0v) is 22.0. The molecule has 7 nitrogen and oxygen atoms in total. The first kappa shape index (κ1) is 26.7. The number of amides is 2. The van der Waals surface area contributed by atoms with Crippen molar-refractivity contribution < 1.29 is 18.0 Å². The molecule has 190 valence electrons. The molecule has 1 fully saturated rings. The fraction of sp³-hybridized carbons (Fsp3) is 0.481. The lowest BCUT2D eigenvalue weighted by Crippen LogP contribution is -2.53. The van der Waals surface area contributed by atoms with E-state index in [1.807, 2.05) is 56.3 Å². The zero-order valence-electron chi connectivity index (χ0n) is 21.2. The molecule has 0 bridgehead atoms. The van der Waals surface area contributed by atoms with Gasteiger partial charge in [0.25, 0.3) is 0 Å². The largest absolute Gasteiger partial charge is 0.352 e. The van der Waals surface area contributed by atoms with Gasteiger partial charge in [0.1, 0.15) is 12.6 Å². The predicted octanol–water partition coefficient (Wildman–Crippen LogP) is 3.59. The smallest absolute Gasteiger partial charge is 0.244 e. The molecular weight excluding hydrogens is 462 g/mol. The average Bonchev–Trinajstić information content (AvgIpc) is 3.31. The Labute approximate surface area is 209 Å². The topological polar surface area (TPSA) is 86.8 Å². The van der Waals surface area contributed by atoms with Gasteiger partial charge in [0.15, 0.2) is 0 Å². The number of nitrogens with zero attached hydrogens (tertiary/aromatic N) is 2. The molecular formula is C27H37N3O4S. The molecule has 8 heteroatoms. The van der Waals surface area contributed by atoms with Crippen molar-refractivity contribution in [3.05, 3.63) is 65.2 Å². The lowest BCUT2D eigenvalue weighted by molar-refractivity contribution is -0.139. The van der Waals surface area contributed by atoms with E-state index >= 15 is 0 Å². The second-order valence-corrected chi connectivity index (χ2v) is 11.5. The Morgan fingerprint density at radius 1 is 1.06 bits per heavy atom. The van der Waals surface area contributed by atoms with Gasteiger partial charge < -0.3 is 10.2 Å². The highest BCUT2D eigenvalue weighted by Crippen LogP contribution is 2.24. The monoisotopic (exact) mass is 499 g/mol. The maximum absolute atomic E-state index is 13.6. The normalized spacial score (nSPS) is 15.0. The number of carbonyl (C=O) groups excluding carboxylic acids is 2. The molecule has 2 amide bonds. The van der Waals surface area contributed by atoms with Crippen LogP contribution in [0.25, 0.3) is 0 Å². The lowest BCUT2D eigenvalue weighted by atomic mass is 10.1. The lowest BCUT2D eigenvalue weighted by Gasteiger charge is -2.32. The highest BCUT2D eigenvalue weighted by atomic mass is 32.2. The molecule has 1 atom stereocenters. The maximum Gasteiger partial charge on any atom is 0.244 e. The fourth-order valence-corrected chi connectivity index (χ4v) is 5.55. The van der Waals surface area contributed by atoms with Gasteiger partial charge in [-0.2, -0.15) is 0 Å². The standard InChI is InChI=1S/C27H37N3O4S/c1-20-14-15-25(21(2)18-20)30(35(4,33)34)19-26(31)29(17-16-23-10-6-5-7-11-23)22(3)27(32)28-24-12-8-9-13-24/h5-7,10-11,14-15,18,22,24H,8-9,12-13,16-17,19H2,1-4H3,(H,28,32). The minimum Gasteiger partial charge on any atom is -0.352 e. The van der Waals surface area contributed by atoms with Crippen molar-refractivity contribution in [2.75, 3.05) is 23.7 Å². The molecule has 2 aromatic carbocycles. The minimum absolute atomic E-state index is 0.138. The van der Waals surface area contributed by atoms with E-state index in [0.717, 1.165) is 52.9 Å². The molecule has 35 heavy (non-hydrogen) atoms. The summed E-state index contributed by atoms with van der Waals surface area (Å²) >= 11 is 0. The summed E-state index contributed by atoms with van der Waals surface area (Å²) in [5.41, 5.74) is 3.29. The molecule has 1 N–H and O–H groups in total. The highest BCUT2D eigenvalue weighted by Gasteiger charge is 2.31. The van der Waals surface area contributed by atoms with Crippen LogP contribution in [0.15, 0.2) is 48.5 Å². The molecule has 2 aromatic rings. The van der Waals surface area contributed by atoms with Crippen molar-refractivity contribution in [3.63, 3.8) is 0 Å². The molecule has 0 saturated heterocycles. The van der Waals surface area contributed by atoms with Gasteiger partial charge in [-0.25, -0.2) is 8.42 Å². The third-order valence-corrected chi connectivity index (χ3v) is 7.78. The number of nitrogens with one attached hydrogen (secondary N) is 1. The SMILES string of the molecule is Cc1ccc(N(CC(=O)N(CCc2ccccc2)C(C)C(=O)NC2CCCC2)S(C)(=O)=O)c(C)c1. The summed E-state index contributed by atoms with van der Waals surface area (Å²) in [6.45, 7) is 5.43. The molecule has 0 aromatic heterocycles. The summed E-state index contributed by atoms with van der Waals surface area (Å²) in [4.78, 5) is 28.2. The van der Waals surface area contributed by atoms with E-state index in [1.54, 1.807) is 13.0 Å². The molecule has 1 unspecified atom stereocenters. The van der Waals surface area contributed by atoms with Gasteiger partial charge in [0.2, 0.25) is 21.8 Å². The summed E-state index contributed by atoms with van der Waals surface area (Å²) < 4.78 is 26.6. The van der Waals surface area contributed by atoms with E-state index in [2.05, 4.69) is 5.32 Å². The molecule has 0 radical (unpaired) electrons. The second kappa shape index (κ2) is 11.7. The summed E-state index contributed by atoms with van der Waals surface area (Å²) in [6.07, 6.45) is 5.75. The van der Waals surface area contributed by atoms with E-state index < -0.39 is 22.0 Å². The number of hydrogen-bond acceptors (Lipinski definition) is 4. The van der Waals surface area contributed by atoms with Crippen molar-refractivity contribution in [2.45, 2.75) is 65.0 Å². The van der Waals surface area contributed by atoms with Crippen molar-refractivity contribution in [1.82, 2.24) is 10.2 Å². The van der Waals surface area contributed by atoms with E-state index in [4.69, 9.17) is 0 Å². The van der Waals surface area contributed by atoms with Crippen molar-refractivity contribution in [3.8, 4) is 0 Å². The van der Waals surface area contributed by atoms with Crippen molar-refractivity contribution >= 4 is 27.5 Å². The van der Waals surface area contributed by atoms with Gasteiger partial charge in [0.05, 0.1) is 11.9 Å². The number of aryl methyl sites for hydroxylation is 2. The van der Waals surface area contributed by atoms with Crippen LogP contribution in [0.3, 0.4) is 0 Å². The van der Waals surface area contributed by atoms with Gasteiger partial charge in [-0.3, -0.25) is 13.9 Å². The third-order valence-electron chi connectivity index (χ3n) is 6.65. The van der Waals surface area contributed by atoms with Crippen LogP contribution in [0.1, 0.15) is 49.3 Å². The van der Waals surface area contributed by atoms with Crippen LogP contribution in [-0.2, 0) is 26.0 Å². The summed E-state index contributed by atoms with van der Waals surface area (Å²) in [5, 5.41) is 3.08. The Bertz CT molecular complexity index is 1130. The maximum atomic E-state index is 13.6. The van der Waals surface area contributed by atoms with Crippen LogP contribution in [0.4, 0.5) is 5.69 Å². The van der Waals surface area contributed by atoms with Crippen LogP contribution in [0.5, 0.6) is 0 Å². The van der Waals surface area contributed by atoms with Crippen molar-refractivity contribution in [1.29, 1.82) is 0 Å². The number of benzene rings is 2. The zero-order chi connectivity index (χ0) is 25.6. The Kier molecular flexibility index (Phi) is 8.94. The van der Waals surface area contributed by atoms with E-state index in [0.29, 0.717) is 18.7 Å². The number of carbonyl (C=O) groups is 2. The third kappa shape index (κ3) is 7.31. The molecule has 0 spiro atoms. The van der Waals surface area contributed by atoms with Crippen molar-refractivity contribution in [2.24, 2.45) is 0 Å². The van der Waals surface area contributed by atoms with E-state index in [1.165, 1.54) is 4.90 Å². The summed E-state index contributed by atoms with van der Waals surface area (Å²) in [7, 11) is -3.73. The first-order chi connectivity index (χ1) is 16.6. The van der Waals surface area contributed by atoms with Gasteiger partial charge in [-0.05, 0) is 57.2 Å². The average molecular weight is 500 g/mol. The van der Waals surface area contributed by atoms with Gasteiger partial charge in [-0.15, -0.1) is 0 Å². The van der Waals surface area contributed by atoms with Gasteiger partial charge in [-0.1, -0.05) is 60.9 Å². The molecule has 3 rings (SSSR count). The molecule has 1 aliphatic carbocycles. The highest BCUT2D eigenvalue weighted by molar-refractivity contribution is 7.92. The van der Waals surface area contributed by atoms with Crippen LogP contribution in [-0.4, -0.2) is 56.6 Å². The molecule has 0 heterocycles. The summed E-state index contributed by atoms with van der Waals surface area (Å²) in [5.74, 6) is -0.601. The number of hydrogen-bond donors (Lipinski definition) is 1. The molecule has 1 aliphatic rings. The Balaban J connectivity index is 1.84. The number of sulfonamides is 1. The van der Waals surface area contributed by atoms with Crippen LogP contribution < -0.4 is 9.62 Å². The van der Waals surface area contributed by atoms with Crippen LogP contribution >= 0.6 is 0 Å². The van der Waals surface area contributed by atoms with E-state index in [-0.39, 0.29) is 18.5 Å². The second-order valence-electron chi connectivity index (χ2n) is 9.55. The fourth-order valence-electron chi connectivity index (χ4n) is 4.64. The van der Waals surface area contributed by atoms with Gasteiger partial charge in [0, 0.05) is 12.6 Å².